The number of sulfonamides is 2. The zero-order valence-corrected chi connectivity index (χ0v) is 82.6. The Kier molecular flexibility index (Phi) is 35.5. The average molecular weight is 2090 g/mol. The number of hydrogen-bond acceptors (Lipinski definition) is 27. The Morgan fingerprint density at radius 3 is 1.70 bits per heavy atom. The van der Waals surface area contributed by atoms with Gasteiger partial charge in [0.05, 0.1) is 108 Å². The number of cyclic esters (lactones) is 1. The van der Waals surface area contributed by atoms with E-state index >= 15 is 0 Å². The number of ketones is 1. The lowest BCUT2D eigenvalue weighted by Gasteiger charge is -2.21. The van der Waals surface area contributed by atoms with E-state index in [0.29, 0.717) is 66.4 Å². The third-order valence-corrected chi connectivity index (χ3v) is 25.1. The number of nitrogens with two attached hydrogens (primary N) is 3. The van der Waals surface area contributed by atoms with Crippen LogP contribution in [0.5, 0.6) is 17.2 Å². The zero-order valence-electron chi connectivity index (χ0n) is 77.0. The molecule has 0 fully saturated rings. The van der Waals surface area contributed by atoms with Gasteiger partial charge in [0.1, 0.15) is 28.6 Å². The summed E-state index contributed by atoms with van der Waals surface area (Å²) in [7, 11) is -8.70. The van der Waals surface area contributed by atoms with Crippen LogP contribution < -0.4 is 36.6 Å². The number of alkyl halides is 3. The maximum absolute atomic E-state index is 13.4. The molecule has 0 radical (unpaired) electrons. The van der Waals surface area contributed by atoms with E-state index in [1.54, 1.807) is 122 Å². The van der Waals surface area contributed by atoms with Gasteiger partial charge in [0.25, 0.3) is 5.69 Å². The molecule has 31 nitrogen and oxygen atoms in total. The van der Waals surface area contributed by atoms with Gasteiger partial charge in [-0.05, 0) is 228 Å². The van der Waals surface area contributed by atoms with Crippen molar-refractivity contribution in [3.8, 4) is 73.5 Å². The van der Waals surface area contributed by atoms with E-state index in [1.807, 2.05) is 155 Å². The second kappa shape index (κ2) is 47.4. The number of nitro benzene ring substituents is 1. The second-order valence-corrected chi connectivity index (χ2v) is 39.5. The number of rotatable bonds is 26. The molecular weight excluding hydrogens is 2000 g/mol. The predicted octanol–water partition coefficient (Wildman–Crippen LogP) is 22.0. The molecule has 0 bridgehead atoms. The maximum Gasteiger partial charge on any atom is 0.435 e. The summed E-state index contributed by atoms with van der Waals surface area (Å²) in [6, 6.07) is 78.2. The smallest absolute Gasteiger partial charge is 0.435 e. The quantitative estimate of drug-likeness (QED) is 0.00639. The number of benzene rings is 11. The van der Waals surface area contributed by atoms with Gasteiger partial charge in [-0.25, -0.2) is 53.3 Å². The van der Waals surface area contributed by atoms with E-state index in [1.165, 1.54) is 65.3 Å². The van der Waals surface area contributed by atoms with E-state index in [9.17, 15) is 66.9 Å². The number of nitrogens with one attached hydrogen (secondary N) is 2. The number of sulfone groups is 1. The molecule has 17 rings (SSSR count). The number of non-ortho nitro benzene ring substituents is 1. The van der Waals surface area contributed by atoms with Gasteiger partial charge in [-0.3, -0.25) is 25.1 Å². The van der Waals surface area contributed by atoms with Crippen LogP contribution in [0.3, 0.4) is 0 Å². The molecule has 4 aromatic heterocycles. The van der Waals surface area contributed by atoms with Crippen LogP contribution in [0.2, 0.25) is 10.0 Å². The molecule has 0 unspecified atom stereocenters. The fourth-order valence-corrected chi connectivity index (χ4v) is 16.8. The molecule has 2 aliphatic heterocycles. The van der Waals surface area contributed by atoms with Crippen molar-refractivity contribution >= 4 is 112 Å². The molecule has 143 heavy (non-hydrogen) atoms. The molecule has 15 aromatic rings. The molecule has 6 heterocycles. The molecule has 0 atom stereocenters. The van der Waals surface area contributed by atoms with E-state index in [2.05, 4.69) is 55.8 Å². The minimum absolute atomic E-state index is 0.00876. The van der Waals surface area contributed by atoms with Crippen LogP contribution in [0.1, 0.15) is 69.4 Å². The normalized spacial score (nSPS) is 12.7. The SMILES string of the molecule is C=C1C=CC(Cc2cc(C)c(C(=O)c3ccc(Cl)cc3)n2C)=NN1.CC1(C)OC(=O)C(Oc2ccc(F)c(F)c2)=C1c1ccc(S(C)(=O)=O)cc1.CS(=O)(=O)Nc1ccc([N+](=O)[O-])cc1Oc1ccccc1.Cc1cc(-c2ccc(Cl)cc2)n(-c2ccc(S(N)(=O)=O)cc2)n1.Cc1ccc(-c2cc(C(F)(F)F)nn2-c2ccc(SOON)cc2)cc1.Cc1onc(-c2ccccc2)c1-c1ccc(SOON)cc1. The molecule has 0 saturated carbocycles. The first-order valence-electron chi connectivity index (χ1n) is 42.2. The predicted molar refractivity (Wildman–Crippen MR) is 535 cm³/mol. The van der Waals surface area contributed by atoms with Crippen LogP contribution in [-0.2, 0) is 77.7 Å². The fourth-order valence-electron chi connectivity index (χ4n) is 14.1. The molecular formula is C100H88Cl2F5N13O18S5. The Bertz CT molecular complexity index is 7580. The summed E-state index contributed by atoms with van der Waals surface area (Å²) in [6.45, 7) is 14.7. The Labute approximate surface area is 836 Å². The van der Waals surface area contributed by atoms with Crippen molar-refractivity contribution in [2.75, 3.05) is 17.2 Å². The monoisotopic (exact) mass is 2080 g/mol. The summed E-state index contributed by atoms with van der Waals surface area (Å²) in [4.78, 5) is 45.2. The number of hydrazone groups is 1. The Morgan fingerprint density at radius 2 is 1.15 bits per heavy atom. The number of aromatic nitrogens is 6. The van der Waals surface area contributed by atoms with Gasteiger partial charge in [0.15, 0.2) is 32.9 Å². The first-order valence-corrected chi connectivity index (χ1v) is 49.8. The lowest BCUT2D eigenvalue weighted by Crippen LogP contribution is -2.22. The number of primary sulfonamides is 1. The first-order chi connectivity index (χ1) is 67.8. The summed E-state index contributed by atoms with van der Waals surface area (Å²) in [5.41, 5.74) is 16.4. The third-order valence-electron chi connectivity index (χ3n) is 20.7. The third kappa shape index (κ3) is 29.1. The number of carbonyl (C=O) groups is 2. The van der Waals surface area contributed by atoms with Gasteiger partial charge in [0, 0.05) is 85.3 Å². The van der Waals surface area contributed by atoms with Crippen LogP contribution in [0.4, 0.5) is 33.3 Å². The van der Waals surface area contributed by atoms with Crippen molar-refractivity contribution in [1.29, 1.82) is 0 Å². The number of allylic oxidation sites excluding steroid dienone is 2. The largest absolute Gasteiger partial charge is 0.455 e. The maximum atomic E-state index is 13.4. The summed E-state index contributed by atoms with van der Waals surface area (Å²) in [5, 5.41) is 33.9. The van der Waals surface area contributed by atoms with Crippen LogP contribution >= 0.6 is 47.3 Å². The number of ether oxygens (including phenoxy) is 3. The van der Waals surface area contributed by atoms with E-state index < -0.39 is 69.9 Å². The lowest BCUT2D eigenvalue weighted by molar-refractivity contribution is -0.384. The molecule has 2 aliphatic rings. The summed E-state index contributed by atoms with van der Waals surface area (Å²) < 4.78 is 173. The summed E-state index contributed by atoms with van der Waals surface area (Å²) >= 11 is 13.8. The van der Waals surface area contributed by atoms with E-state index in [0.717, 1.165) is 139 Å². The van der Waals surface area contributed by atoms with Crippen LogP contribution in [-0.4, -0.2) is 95.0 Å². The Morgan fingerprint density at radius 1 is 0.615 bits per heavy atom. The van der Waals surface area contributed by atoms with Crippen molar-refractivity contribution in [3.63, 3.8) is 0 Å². The second-order valence-electron chi connectivity index (χ2n) is 31.8. The highest BCUT2D eigenvalue weighted by Crippen LogP contribution is 2.43. The highest BCUT2D eigenvalue weighted by Gasteiger charge is 2.44. The number of aryl methyl sites for hydroxylation is 4. The van der Waals surface area contributed by atoms with Crippen LogP contribution in [0.15, 0.2) is 345 Å². The van der Waals surface area contributed by atoms with Crippen LogP contribution in [0.25, 0.3) is 61.8 Å². The van der Waals surface area contributed by atoms with Crippen molar-refractivity contribution < 1.29 is 99.1 Å². The molecule has 740 valence electrons. The standard InChI is InChI=1S/C19H18ClN3O.C19H16F2O5S.C17H14F3N3O2S.C16H14ClN3O2S.C16H14N2O3S.C13H12N2O5S/c1-12-10-17(11-16-9-4-13(2)21-22-16)23(3)18(12)19(24)14-5-7-15(20)8-6-14;1-19(2)16(11-4-7-13(8-5-11)27(3,23)24)17(18(22)26-19)25-12-6-9-14(20)15(21)10-12;1-11-2-4-12(5-3-11)15-10-16(17(18,19)20)22-23(15)13-6-8-14(9-7-13)26-25-24-21;1-11-10-16(12-2-4-13(17)5-3-12)20(19-11)14-6-8-15(9-7-14)23(18,21)22;1-11-15(12-7-9-14(10-8-12)22-21-20-17)16(18-19-11)13-5-3-2-4-6-13;1-21(18,19)14-12-8-7-10(15(16)17)9-13(12)20-11-5-3-2-4-6-11/h4-10,21H,2,11H2,1,3H3;4-10H,1-3H3;2-10H,21H2,1H3;2-10H,1H3,(H2,18,21,22);2-10H,17H2,1H3;2-9,14H,1H3. The van der Waals surface area contributed by atoms with Crippen molar-refractivity contribution in [2.24, 2.45) is 29.1 Å². The Balaban J connectivity index is 0.000000153. The van der Waals surface area contributed by atoms with Gasteiger partial charge in [-0.2, -0.15) is 40.3 Å². The molecule has 11 aromatic carbocycles. The fraction of sp³-hybridized carbons (Fsp3) is 0.120. The number of nitro groups is 1. The number of esters is 1. The minimum atomic E-state index is -4.53. The molecule has 0 amide bonds. The number of hydrogen-bond donors (Lipinski definition) is 5. The van der Waals surface area contributed by atoms with Gasteiger partial charge in [-0.15, -0.1) is 18.6 Å². The molecule has 0 spiro atoms. The number of anilines is 1. The summed E-state index contributed by atoms with van der Waals surface area (Å²) in [6.07, 6.45) is 2.00. The van der Waals surface area contributed by atoms with Crippen LogP contribution in [0, 0.1) is 49.4 Å². The lowest BCUT2D eigenvalue weighted by atomic mass is 9.92. The van der Waals surface area contributed by atoms with Gasteiger partial charge >= 0.3 is 12.1 Å². The highest BCUT2D eigenvalue weighted by molar-refractivity contribution is 7.94. The summed E-state index contributed by atoms with van der Waals surface area (Å²) in [5.74, 6) is 7.72. The average Bonchev–Trinajstić information content (AvgIpc) is 1.61. The van der Waals surface area contributed by atoms with Crippen molar-refractivity contribution in [2.45, 2.75) is 79.3 Å². The Hall–Kier alpha value is -14.5. The number of carbonyl (C=O) groups excluding carboxylic acids is 2. The van der Waals surface area contributed by atoms with E-state index in [4.69, 9.17) is 58.9 Å². The zero-order chi connectivity index (χ0) is 103. The van der Waals surface area contributed by atoms with Crippen molar-refractivity contribution in [3.05, 3.63) is 398 Å². The van der Waals surface area contributed by atoms with E-state index in [-0.39, 0.29) is 44.2 Å². The van der Waals surface area contributed by atoms with Gasteiger partial charge in [-0.1, -0.05) is 150 Å². The topological polar surface area (TPSA) is 425 Å². The molecule has 8 N–H and O–H groups in total. The number of halogens is 7. The van der Waals surface area contributed by atoms with Gasteiger partial charge < -0.3 is 23.3 Å². The van der Waals surface area contributed by atoms with Gasteiger partial charge in [0.2, 0.25) is 31.6 Å². The van der Waals surface area contributed by atoms with Crippen molar-refractivity contribution in [1.82, 2.24) is 34.7 Å². The molecule has 43 heteroatoms. The number of nitrogens with zero attached hydrogens (tertiary/aromatic N) is 8. The minimum Gasteiger partial charge on any atom is -0.455 e. The highest BCUT2D eigenvalue weighted by atomic mass is 35.5. The molecule has 0 aliphatic carbocycles. The first kappa shape index (κ1) is 107. The molecule has 0 saturated heterocycles. The number of para-hydroxylation sites is 1.